The van der Waals surface area contributed by atoms with Crippen molar-refractivity contribution in [1.29, 1.82) is 0 Å². The molecule has 1 aliphatic rings. The minimum Gasteiger partial charge on any atom is -0.491 e. The highest BCUT2D eigenvalue weighted by molar-refractivity contribution is 5.20. The van der Waals surface area contributed by atoms with Crippen molar-refractivity contribution in [2.45, 2.75) is 6.04 Å². The number of aromatic nitrogens is 2. The van der Waals surface area contributed by atoms with Crippen LogP contribution in [0.2, 0.25) is 0 Å². The maximum atomic E-state index is 5.74. The number of piperazine rings is 1. The molecular weight excluding hydrogens is 304 g/mol. The van der Waals surface area contributed by atoms with Crippen molar-refractivity contribution in [1.82, 2.24) is 19.8 Å². The van der Waals surface area contributed by atoms with Gasteiger partial charge in [-0.2, -0.15) is 0 Å². The van der Waals surface area contributed by atoms with Gasteiger partial charge in [0.25, 0.3) is 0 Å². The Kier molecular flexibility index (Phi) is 6.23. The molecule has 1 N–H and O–H groups in total. The molecule has 0 amide bonds. The van der Waals surface area contributed by atoms with E-state index >= 15 is 0 Å². The van der Waals surface area contributed by atoms with Gasteiger partial charge < -0.3 is 19.4 Å². The lowest BCUT2D eigenvalue weighted by Crippen LogP contribution is -2.47. The van der Waals surface area contributed by atoms with Gasteiger partial charge in [-0.15, -0.1) is 0 Å². The second-order valence-electron chi connectivity index (χ2n) is 5.93. The first-order valence-corrected chi connectivity index (χ1v) is 8.52. The van der Waals surface area contributed by atoms with Crippen LogP contribution < -0.4 is 10.1 Å². The van der Waals surface area contributed by atoms with Gasteiger partial charge in [-0.25, -0.2) is 4.98 Å². The van der Waals surface area contributed by atoms with Gasteiger partial charge in [0.15, 0.2) is 0 Å². The Bertz CT molecular complexity index is 602. The molecule has 130 valence electrons. The highest BCUT2D eigenvalue weighted by Gasteiger charge is 2.26. The topological polar surface area (TPSA) is 51.6 Å². The number of ether oxygens (including phenoxy) is 2. The number of imidazole rings is 1. The van der Waals surface area contributed by atoms with E-state index in [-0.39, 0.29) is 0 Å². The van der Waals surface area contributed by atoms with Crippen molar-refractivity contribution >= 4 is 0 Å². The van der Waals surface area contributed by atoms with Crippen molar-refractivity contribution in [2.75, 3.05) is 46.0 Å². The molecule has 1 aromatic heterocycles. The number of aryl methyl sites for hydroxylation is 1. The summed E-state index contributed by atoms with van der Waals surface area (Å²) in [6.45, 7) is 5.76. The molecule has 0 radical (unpaired) electrons. The molecule has 24 heavy (non-hydrogen) atoms. The Morgan fingerprint density at radius 2 is 2.08 bits per heavy atom. The molecule has 0 spiro atoms. The fourth-order valence-electron chi connectivity index (χ4n) is 2.99. The molecule has 2 heterocycles. The lowest BCUT2D eigenvalue weighted by molar-refractivity contribution is 0.0588. The minimum absolute atomic E-state index is 0.308. The first-order valence-electron chi connectivity index (χ1n) is 8.52. The number of hydrogen-bond acceptors (Lipinski definition) is 5. The van der Waals surface area contributed by atoms with Crippen molar-refractivity contribution < 1.29 is 9.47 Å². The zero-order valence-electron chi connectivity index (χ0n) is 14.2. The lowest BCUT2D eigenvalue weighted by atomic mass is 10.2. The molecule has 1 atom stereocenters. The Morgan fingerprint density at radius 1 is 1.21 bits per heavy atom. The fourth-order valence-corrected chi connectivity index (χ4v) is 2.99. The predicted octanol–water partition coefficient (Wildman–Crippen LogP) is 1.46. The van der Waals surface area contributed by atoms with E-state index in [0.29, 0.717) is 25.9 Å². The second-order valence-corrected chi connectivity index (χ2v) is 5.93. The summed E-state index contributed by atoms with van der Waals surface area (Å²) in [6.07, 6.45) is 3.86. The zero-order chi connectivity index (χ0) is 16.6. The predicted molar refractivity (Wildman–Crippen MR) is 93.1 cm³/mol. The van der Waals surface area contributed by atoms with E-state index in [9.17, 15) is 0 Å². The molecule has 1 unspecified atom stereocenters. The number of benzene rings is 1. The van der Waals surface area contributed by atoms with E-state index < -0.39 is 0 Å². The standard InChI is InChI=1S/C18H26N4O2/c1-21-9-8-20-18(21)17-15-19-7-10-22(17)11-12-23-13-14-24-16-5-3-2-4-6-16/h2-6,8-9,17,19H,7,10-15H2,1H3. The lowest BCUT2D eigenvalue weighted by Gasteiger charge is -2.35. The van der Waals surface area contributed by atoms with Gasteiger partial charge in [0.05, 0.1) is 19.3 Å². The quantitative estimate of drug-likeness (QED) is 0.743. The third-order valence-electron chi connectivity index (χ3n) is 4.27. The van der Waals surface area contributed by atoms with Crippen LogP contribution in [-0.4, -0.2) is 60.5 Å². The molecule has 1 aliphatic heterocycles. The average Bonchev–Trinajstić information content (AvgIpc) is 3.05. The van der Waals surface area contributed by atoms with E-state index in [1.54, 1.807) is 0 Å². The van der Waals surface area contributed by atoms with E-state index in [1.807, 2.05) is 49.8 Å². The summed E-state index contributed by atoms with van der Waals surface area (Å²) < 4.78 is 13.5. The molecule has 0 bridgehead atoms. The monoisotopic (exact) mass is 330 g/mol. The molecule has 0 aliphatic carbocycles. The number of hydrogen-bond donors (Lipinski definition) is 1. The Morgan fingerprint density at radius 3 is 2.88 bits per heavy atom. The first-order chi connectivity index (χ1) is 11.8. The number of nitrogens with zero attached hydrogens (tertiary/aromatic N) is 3. The van der Waals surface area contributed by atoms with Crippen molar-refractivity contribution in [3.05, 3.63) is 48.5 Å². The summed E-state index contributed by atoms with van der Waals surface area (Å²) in [7, 11) is 2.05. The van der Waals surface area contributed by atoms with Gasteiger partial charge in [-0.1, -0.05) is 18.2 Å². The summed E-state index contributed by atoms with van der Waals surface area (Å²) >= 11 is 0. The zero-order valence-corrected chi connectivity index (χ0v) is 14.2. The van der Waals surface area contributed by atoms with Crippen LogP contribution in [0.3, 0.4) is 0 Å². The third kappa shape index (κ3) is 4.56. The Balaban J connectivity index is 1.38. The summed E-state index contributed by atoms with van der Waals surface area (Å²) in [5, 5.41) is 3.45. The molecule has 3 rings (SSSR count). The van der Waals surface area contributed by atoms with Crippen molar-refractivity contribution in [3.8, 4) is 5.75 Å². The molecule has 2 aromatic rings. The van der Waals surface area contributed by atoms with Crippen LogP contribution in [0.25, 0.3) is 0 Å². The fraction of sp³-hybridized carbons (Fsp3) is 0.500. The normalized spacial score (nSPS) is 18.6. The van der Waals surface area contributed by atoms with E-state index in [1.165, 1.54) is 0 Å². The van der Waals surface area contributed by atoms with Crippen LogP contribution in [0.5, 0.6) is 5.75 Å². The molecule has 6 nitrogen and oxygen atoms in total. The summed E-state index contributed by atoms with van der Waals surface area (Å²) in [5.74, 6) is 1.99. The van der Waals surface area contributed by atoms with Gasteiger partial charge in [-0.3, -0.25) is 4.90 Å². The highest BCUT2D eigenvalue weighted by Crippen LogP contribution is 2.19. The number of para-hydroxylation sites is 1. The van der Waals surface area contributed by atoms with Crippen molar-refractivity contribution in [3.63, 3.8) is 0 Å². The molecule has 6 heteroatoms. The average molecular weight is 330 g/mol. The van der Waals surface area contributed by atoms with Crippen LogP contribution in [0, 0.1) is 0 Å². The van der Waals surface area contributed by atoms with Gasteiger partial charge in [0.2, 0.25) is 0 Å². The highest BCUT2D eigenvalue weighted by atomic mass is 16.5. The Hall–Kier alpha value is -1.89. The summed E-state index contributed by atoms with van der Waals surface area (Å²) in [4.78, 5) is 6.94. The maximum absolute atomic E-state index is 5.74. The van der Waals surface area contributed by atoms with E-state index in [4.69, 9.17) is 9.47 Å². The molecule has 0 saturated carbocycles. The van der Waals surface area contributed by atoms with Crippen molar-refractivity contribution in [2.24, 2.45) is 7.05 Å². The summed E-state index contributed by atoms with van der Waals surface area (Å²) in [5.41, 5.74) is 0. The second kappa shape index (κ2) is 8.82. The molecular formula is C18H26N4O2. The first kappa shape index (κ1) is 17.0. The maximum Gasteiger partial charge on any atom is 0.127 e. The number of rotatable bonds is 8. The third-order valence-corrected chi connectivity index (χ3v) is 4.27. The largest absolute Gasteiger partial charge is 0.491 e. The molecule has 1 fully saturated rings. The number of nitrogens with one attached hydrogen (secondary N) is 1. The molecule has 1 saturated heterocycles. The van der Waals surface area contributed by atoms with Gasteiger partial charge >= 0.3 is 0 Å². The van der Waals surface area contributed by atoms with Crippen LogP contribution in [-0.2, 0) is 11.8 Å². The SMILES string of the molecule is Cn1ccnc1C1CNCCN1CCOCCOc1ccccc1. The molecule has 1 aromatic carbocycles. The minimum atomic E-state index is 0.308. The Labute approximate surface area is 143 Å². The van der Waals surface area contributed by atoms with Gasteiger partial charge in [-0.05, 0) is 12.1 Å². The smallest absolute Gasteiger partial charge is 0.127 e. The van der Waals surface area contributed by atoms with Gasteiger partial charge in [0, 0.05) is 45.6 Å². The van der Waals surface area contributed by atoms with Crippen LogP contribution in [0.15, 0.2) is 42.7 Å². The van der Waals surface area contributed by atoms with E-state index in [0.717, 1.165) is 37.8 Å². The summed E-state index contributed by atoms with van der Waals surface area (Å²) in [6, 6.07) is 10.1. The van der Waals surface area contributed by atoms with Crippen LogP contribution in [0.4, 0.5) is 0 Å². The van der Waals surface area contributed by atoms with Crippen LogP contribution in [0.1, 0.15) is 11.9 Å². The van der Waals surface area contributed by atoms with Crippen LogP contribution >= 0.6 is 0 Å². The van der Waals surface area contributed by atoms with E-state index in [2.05, 4.69) is 19.8 Å². The van der Waals surface area contributed by atoms with Gasteiger partial charge in [0.1, 0.15) is 18.2 Å².